The summed E-state index contributed by atoms with van der Waals surface area (Å²) in [5.41, 5.74) is 5.12. The van der Waals surface area contributed by atoms with Crippen LogP contribution in [-0.2, 0) is 0 Å². The number of hydrogen-bond acceptors (Lipinski definition) is 1. The molecule has 0 spiro atoms. The normalized spacial score (nSPS) is 15.9. The smallest absolute Gasteiger partial charge is 0.104 e. The van der Waals surface area contributed by atoms with E-state index >= 15 is 0 Å². The van der Waals surface area contributed by atoms with E-state index in [1.807, 2.05) is 0 Å². The zero-order chi connectivity index (χ0) is 6.78. The first kappa shape index (κ1) is 8.02. The molecule has 0 aliphatic carbocycles. The van der Waals surface area contributed by atoms with Gasteiger partial charge in [-0.05, 0) is 0 Å². The predicted molar refractivity (Wildman–Crippen MR) is 33.8 cm³/mol. The number of halogens is 1. The zero-order valence-electron chi connectivity index (χ0n) is 4.89. The molecule has 0 aromatic rings. The molecule has 1 atom stereocenters. The molecule has 2 N–H and O–H groups in total. The second kappa shape index (κ2) is 2.53. The second-order valence-corrected chi connectivity index (χ2v) is 2.13. The first-order valence-corrected chi connectivity index (χ1v) is 2.37. The maximum atomic E-state index is 11.6. The Labute approximate surface area is 51.6 Å². The van der Waals surface area contributed by atoms with E-state index < -0.39 is 17.9 Å². The Morgan fingerprint density at radius 1 is 1.75 bits per heavy atom. The first-order valence-electron chi connectivity index (χ1n) is 2.37. The van der Waals surface area contributed by atoms with E-state index in [9.17, 15) is 4.39 Å². The number of rotatable bonds is 2. The summed E-state index contributed by atoms with van der Waals surface area (Å²) in [5.74, 6) is 0. The molecule has 0 saturated heterocycles. The van der Waals surface area contributed by atoms with Crippen LogP contribution in [0.25, 0.3) is 0 Å². The second-order valence-electron chi connectivity index (χ2n) is 2.13. The minimum Gasteiger partial charge on any atom is -0.326 e. The molecule has 0 bridgehead atoms. The van der Waals surface area contributed by atoms with Crippen LogP contribution in [0, 0.1) is 0 Å². The maximum Gasteiger partial charge on any atom is 0.104 e. The maximum absolute atomic E-state index is 11.6. The minimum atomic E-state index is -1.09. The molecule has 8 heavy (non-hydrogen) atoms. The third-order valence-electron chi connectivity index (χ3n) is 0.965. The lowest BCUT2D eigenvalue weighted by molar-refractivity contribution is 0.408. The van der Waals surface area contributed by atoms with Crippen molar-refractivity contribution in [3.63, 3.8) is 0 Å². The lowest BCUT2D eigenvalue weighted by Crippen LogP contribution is -2.36. The summed E-state index contributed by atoms with van der Waals surface area (Å²) < 4.78 is 11.6. The van der Waals surface area contributed by atoms with Crippen LogP contribution in [0.3, 0.4) is 0 Å². The van der Waals surface area contributed by atoms with Gasteiger partial charge in [0.15, 0.2) is 0 Å². The monoisotopic (exact) mass is 111 g/mol. The van der Waals surface area contributed by atoms with Gasteiger partial charge in [0.2, 0.25) is 0 Å². The summed E-state index contributed by atoms with van der Waals surface area (Å²) in [6.45, 7) is 0.806. The SMILES string of the molecule is [B]C([B])(C)C(N)CF. The van der Waals surface area contributed by atoms with E-state index in [0.717, 1.165) is 0 Å². The fourth-order valence-electron chi connectivity index (χ4n) is 0.166. The van der Waals surface area contributed by atoms with Crippen molar-refractivity contribution in [3.05, 3.63) is 0 Å². The average Bonchev–Trinajstić information content (AvgIpc) is 1.62. The van der Waals surface area contributed by atoms with Crippen LogP contribution in [-0.4, -0.2) is 28.4 Å². The Kier molecular flexibility index (Phi) is 2.54. The van der Waals surface area contributed by atoms with E-state index in [0.29, 0.717) is 0 Å². The van der Waals surface area contributed by atoms with E-state index in [4.69, 9.17) is 21.4 Å². The zero-order valence-corrected chi connectivity index (χ0v) is 4.89. The van der Waals surface area contributed by atoms with E-state index in [2.05, 4.69) is 0 Å². The standard InChI is InChI=1S/C4H8B2FN/c1-4(5,6)3(8)2-7/h3H,2,8H2,1H3. The molecule has 4 radical (unpaired) electrons. The van der Waals surface area contributed by atoms with Gasteiger partial charge in [0, 0.05) is 6.04 Å². The predicted octanol–water partition coefficient (Wildman–Crippen LogP) is -0.244. The quantitative estimate of drug-likeness (QED) is 0.488. The Bertz CT molecular complexity index is 70.9. The van der Waals surface area contributed by atoms with Crippen LogP contribution in [0.1, 0.15) is 6.92 Å². The van der Waals surface area contributed by atoms with Crippen molar-refractivity contribution >= 4 is 15.7 Å². The van der Waals surface area contributed by atoms with Gasteiger partial charge in [-0.1, -0.05) is 12.1 Å². The van der Waals surface area contributed by atoms with Crippen LogP contribution in [0.15, 0.2) is 0 Å². The summed E-state index contributed by atoms with van der Waals surface area (Å²) in [6, 6.07) is -0.762. The van der Waals surface area contributed by atoms with Gasteiger partial charge in [0.05, 0.1) is 15.7 Å². The fraction of sp³-hybridized carbons (Fsp3) is 1.00. The van der Waals surface area contributed by atoms with Crippen molar-refractivity contribution in [1.82, 2.24) is 0 Å². The summed E-state index contributed by atoms with van der Waals surface area (Å²) in [6.07, 6.45) is 0. The van der Waals surface area contributed by atoms with Crippen molar-refractivity contribution in [2.45, 2.75) is 18.2 Å². The number of hydrogen-bond donors (Lipinski definition) is 1. The molecule has 0 amide bonds. The van der Waals surface area contributed by atoms with Crippen LogP contribution < -0.4 is 5.73 Å². The molecule has 0 aromatic heterocycles. The van der Waals surface area contributed by atoms with Gasteiger partial charge in [0.25, 0.3) is 0 Å². The van der Waals surface area contributed by atoms with Crippen LogP contribution in [0.4, 0.5) is 4.39 Å². The van der Waals surface area contributed by atoms with Crippen molar-refractivity contribution in [1.29, 1.82) is 0 Å². The Balaban J connectivity index is 3.62. The molecule has 1 nitrogen and oxygen atoms in total. The summed E-state index contributed by atoms with van der Waals surface area (Å²) in [5, 5.41) is -1.09. The molecule has 0 aliphatic rings. The molecule has 42 valence electrons. The minimum absolute atomic E-state index is 0.677. The molecule has 1 unspecified atom stereocenters. The van der Waals surface area contributed by atoms with Crippen molar-refractivity contribution in [2.75, 3.05) is 6.67 Å². The van der Waals surface area contributed by atoms with E-state index in [-0.39, 0.29) is 0 Å². The lowest BCUT2D eigenvalue weighted by Gasteiger charge is -2.24. The summed E-state index contributed by atoms with van der Waals surface area (Å²) in [7, 11) is 10.4. The molecular formula is C4H8B2FN. The van der Waals surface area contributed by atoms with Gasteiger partial charge < -0.3 is 5.73 Å². The molecule has 0 heterocycles. The molecule has 0 aromatic carbocycles. The number of alkyl halides is 1. The Morgan fingerprint density at radius 3 is 2.12 bits per heavy atom. The van der Waals surface area contributed by atoms with Crippen molar-refractivity contribution in [3.8, 4) is 0 Å². The van der Waals surface area contributed by atoms with Crippen LogP contribution >= 0.6 is 0 Å². The van der Waals surface area contributed by atoms with Gasteiger partial charge in [-0.15, -0.1) is 0 Å². The molecule has 0 saturated carbocycles. The molecule has 4 heteroatoms. The largest absolute Gasteiger partial charge is 0.326 e. The fourth-order valence-corrected chi connectivity index (χ4v) is 0.166. The topological polar surface area (TPSA) is 26.0 Å². The first-order chi connectivity index (χ1) is 3.48. The Morgan fingerprint density at radius 2 is 2.12 bits per heavy atom. The highest BCUT2D eigenvalue weighted by molar-refractivity contribution is 6.40. The van der Waals surface area contributed by atoms with Gasteiger partial charge >= 0.3 is 0 Å². The van der Waals surface area contributed by atoms with Crippen LogP contribution in [0.2, 0.25) is 5.21 Å². The van der Waals surface area contributed by atoms with Gasteiger partial charge in [-0.3, -0.25) is 0 Å². The van der Waals surface area contributed by atoms with Crippen molar-refractivity contribution in [2.24, 2.45) is 5.73 Å². The highest BCUT2D eigenvalue weighted by Gasteiger charge is 2.18. The van der Waals surface area contributed by atoms with E-state index in [1.165, 1.54) is 6.92 Å². The highest BCUT2D eigenvalue weighted by atomic mass is 19.1. The lowest BCUT2D eigenvalue weighted by atomic mass is 9.52. The Hall–Kier alpha value is 0.0199. The van der Waals surface area contributed by atoms with Gasteiger partial charge in [0.1, 0.15) is 6.67 Å². The number of nitrogens with two attached hydrogens (primary N) is 1. The summed E-state index contributed by atoms with van der Waals surface area (Å²) >= 11 is 0. The third kappa shape index (κ3) is 2.36. The molecule has 0 rings (SSSR count). The van der Waals surface area contributed by atoms with E-state index in [1.54, 1.807) is 0 Å². The summed E-state index contributed by atoms with van der Waals surface area (Å²) in [4.78, 5) is 0. The van der Waals surface area contributed by atoms with Gasteiger partial charge in [-0.25, -0.2) is 4.39 Å². The van der Waals surface area contributed by atoms with Crippen LogP contribution in [0.5, 0.6) is 0 Å². The molecular weight excluding hydrogens is 103 g/mol. The molecule has 0 aliphatic heterocycles. The average molecular weight is 111 g/mol. The third-order valence-corrected chi connectivity index (χ3v) is 0.965. The molecule has 0 fully saturated rings. The highest BCUT2D eigenvalue weighted by Crippen LogP contribution is 2.17. The van der Waals surface area contributed by atoms with Gasteiger partial charge in [-0.2, -0.15) is 0 Å². The van der Waals surface area contributed by atoms with Crippen molar-refractivity contribution < 1.29 is 4.39 Å².